The molecule has 0 aromatic heterocycles. The maximum absolute atomic E-state index is 12.8. The lowest BCUT2D eigenvalue weighted by Gasteiger charge is -2.01. The average Bonchev–Trinajstić information content (AvgIpc) is 2.01. The minimum absolute atomic E-state index is 0.0731. The Labute approximate surface area is 67.7 Å². The van der Waals surface area contributed by atoms with E-state index < -0.39 is 22.9 Å². The van der Waals surface area contributed by atoms with Gasteiger partial charge in [-0.15, -0.1) is 0 Å². The van der Waals surface area contributed by atoms with Gasteiger partial charge in [-0.3, -0.25) is 0 Å². The van der Waals surface area contributed by atoms with Crippen LogP contribution >= 0.6 is 0 Å². The Balaban J connectivity index is 3.54. The topological polar surface area (TPSA) is 44.0 Å². The first-order valence-corrected chi connectivity index (χ1v) is 3.15. The number of aryl methyl sites for hydroxylation is 1. The molecule has 0 unspecified atom stereocenters. The van der Waals surface area contributed by atoms with E-state index in [1.165, 1.54) is 13.0 Å². The number of phenolic OH excluding ortho intramolecular Hbond substituents is 1. The van der Waals surface area contributed by atoms with Crippen molar-refractivity contribution in [3.63, 3.8) is 0 Å². The van der Waals surface area contributed by atoms with Crippen molar-refractivity contribution in [2.75, 3.05) is 0 Å². The van der Waals surface area contributed by atoms with Crippen LogP contribution in [0.4, 0.5) is 8.78 Å². The largest absolute Gasteiger partial charge is 0.505 e. The van der Waals surface area contributed by atoms with Crippen molar-refractivity contribution >= 4 is 0 Å². The van der Waals surface area contributed by atoms with E-state index in [1.54, 1.807) is 0 Å². The minimum atomic E-state index is -1.20. The number of nitrogens with zero attached hydrogens (tertiary/aromatic N) is 1. The van der Waals surface area contributed by atoms with E-state index in [1.807, 2.05) is 0 Å². The van der Waals surface area contributed by atoms with Gasteiger partial charge in [0.1, 0.15) is 17.4 Å². The highest BCUT2D eigenvalue weighted by Crippen LogP contribution is 2.25. The van der Waals surface area contributed by atoms with Crippen LogP contribution in [0.3, 0.4) is 0 Å². The number of nitriles is 1. The number of phenols is 1. The second-order valence-corrected chi connectivity index (χ2v) is 2.32. The third-order valence-corrected chi connectivity index (χ3v) is 1.49. The molecular formula is C8H5F2NO. The molecule has 0 aliphatic carbocycles. The van der Waals surface area contributed by atoms with Crippen LogP contribution in [0.2, 0.25) is 0 Å². The zero-order valence-corrected chi connectivity index (χ0v) is 6.23. The Hall–Kier alpha value is -1.63. The molecule has 1 N–H and O–H groups in total. The number of hydrogen-bond acceptors (Lipinski definition) is 2. The summed E-state index contributed by atoms with van der Waals surface area (Å²) in [6, 6.07) is 2.24. The van der Waals surface area contributed by atoms with Gasteiger partial charge in [-0.05, 0) is 18.6 Å². The standard InChI is InChI=1S/C8H5F2NO/c1-4-2-6(9)5(3-11)7(10)8(4)12/h2,12H,1H3. The summed E-state index contributed by atoms with van der Waals surface area (Å²) in [4.78, 5) is 0. The smallest absolute Gasteiger partial charge is 0.185 e. The molecule has 0 heterocycles. The fraction of sp³-hybridized carbons (Fsp3) is 0.125. The van der Waals surface area contributed by atoms with Crippen LogP contribution in [0, 0.1) is 29.9 Å². The molecule has 0 radical (unpaired) electrons. The first-order chi connectivity index (χ1) is 5.57. The molecule has 1 aromatic carbocycles. The van der Waals surface area contributed by atoms with Gasteiger partial charge < -0.3 is 5.11 Å². The molecule has 2 nitrogen and oxygen atoms in total. The molecule has 0 aliphatic heterocycles. The molecular weight excluding hydrogens is 164 g/mol. The Kier molecular flexibility index (Phi) is 1.96. The van der Waals surface area contributed by atoms with Crippen LogP contribution in [-0.2, 0) is 0 Å². The number of halogens is 2. The molecule has 4 heteroatoms. The van der Waals surface area contributed by atoms with Gasteiger partial charge in [0.05, 0.1) is 0 Å². The van der Waals surface area contributed by atoms with Gasteiger partial charge in [0.25, 0.3) is 0 Å². The number of hydrogen-bond donors (Lipinski definition) is 1. The minimum Gasteiger partial charge on any atom is -0.505 e. The molecule has 0 amide bonds. The van der Waals surface area contributed by atoms with Gasteiger partial charge in [-0.25, -0.2) is 8.78 Å². The molecule has 0 bridgehead atoms. The zero-order valence-electron chi connectivity index (χ0n) is 6.23. The van der Waals surface area contributed by atoms with Crippen molar-refractivity contribution in [2.45, 2.75) is 6.92 Å². The summed E-state index contributed by atoms with van der Waals surface area (Å²) in [5.41, 5.74) is -0.679. The molecule has 0 saturated carbocycles. The molecule has 1 aromatic rings. The van der Waals surface area contributed by atoms with E-state index in [0.717, 1.165) is 6.07 Å². The van der Waals surface area contributed by atoms with Crippen molar-refractivity contribution in [1.82, 2.24) is 0 Å². The lowest BCUT2D eigenvalue weighted by Crippen LogP contribution is -1.92. The number of rotatable bonds is 0. The third-order valence-electron chi connectivity index (χ3n) is 1.49. The molecule has 0 fully saturated rings. The van der Waals surface area contributed by atoms with Gasteiger partial charge in [0.15, 0.2) is 11.6 Å². The van der Waals surface area contributed by atoms with Crippen molar-refractivity contribution in [2.24, 2.45) is 0 Å². The summed E-state index contributed by atoms with van der Waals surface area (Å²) in [7, 11) is 0. The van der Waals surface area contributed by atoms with Crippen LogP contribution in [0.25, 0.3) is 0 Å². The Morgan fingerprint density at radius 1 is 1.50 bits per heavy atom. The van der Waals surface area contributed by atoms with Gasteiger partial charge in [-0.1, -0.05) is 0 Å². The summed E-state index contributed by atoms with van der Waals surface area (Å²) in [5, 5.41) is 17.2. The summed E-state index contributed by atoms with van der Waals surface area (Å²) in [5.74, 6) is -2.83. The molecule has 0 saturated heterocycles. The normalized spacial score (nSPS) is 9.50. The molecule has 0 spiro atoms. The van der Waals surface area contributed by atoms with Crippen molar-refractivity contribution in [1.29, 1.82) is 5.26 Å². The van der Waals surface area contributed by atoms with E-state index in [2.05, 4.69) is 0 Å². The molecule has 0 atom stereocenters. The first kappa shape index (κ1) is 8.47. The number of aromatic hydroxyl groups is 1. The second kappa shape index (κ2) is 2.78. The fourth-order valence-corrected chi connectivity index (χ4v) is 0.829. The van der Waals surface area contributed by atoms with Gasteiger partial charge >= 0.3 is 0 Å². The van der Waals surface area contributed by atoms with Crippen LogP contribution in [0.1, 0.15) is 11.1 Å². The highest BCUT2D eigenvalue weighted by molar-refractivity contribution is 5.43. The van der Waals surface area contributed by atoms with Crippen LogP contribution in [0.5, 0.6) is 5.75 Å². The Bertz CT molecular complexity index is 368. The first-order valence-electron chi connectivity index (χ1n) is 3.15. The molecule has 1 rings (SSSR count). The summed E-state index contributed by atoms with van der Waals surface area (Å²) in [6.45, 7) is 1.35. The van der Waals surface area contributed by atoms with Gasteiger partial charge in [-0.2, -0.15) is 5.26 Å². The van der Waals surface area contributed by atoms with Crippen LogP contribution in [0.15, 0.2) is 6.07 Å². The molecule has 0 aliphatic rings. The summed E-state index contributed by atoms with van der Waals surface area (Å²) >= 11 is 0. The van der Waals surface area contributed by atoms with Gasteiger partial charge in [0.2, 0.25) is 0 Å². The fourth-order valence-electron chi connectivity index (χ4n) is 0.829. The molecule has 12 heavy (non-hydrogen) atoms. The van der Waals surface area contributed by atoms with Crippen molar-refractivity contribution in [3.05, 3.63) is 28.8 Å². The highest BCUT2D eigenvalue weighted by Gasteiger charge is 2.15. The van der Waals surface area contributed by atoms with Crippen LogP contribution < -0.4 is 0 Å². The van der Waals surface area contributed by atoms with E-state index in [4.69, 9.17) is 10.4 Å². The van der Waals surface area contributed by atoms with E-state index in [9.17, 15) is 8.78 Å². The van der Waals surface area contributed by atoms with E-state index in [-0.39, 0.29) is 5.56 Å². The maximum Gasteiger partial charge on any atom is 0.185 e. The van der Waals surface area contributed by atoms with Gasteiger partial charge in [0, 0.05) is 0 Å². The summed E-state index contributed by atoms with van der Waals surface area (Å²) in [6.07, 6.45) is 0. The van der Waals surface area contributed by atoms with Crippen LogP contribution in [-0.4, -0.2) is 5.11 Å². The monoisotopic (exact) mass is 169 g/mol. The van der Waals surface area contributed by atoms with E-state index >= 15 is 0 Å². The Morgan fingerprint density at radius 2 is 2.08 bits per heavy atom. The quantitative estimate of drug-likeness (QED) is 0.644. The predicted molar refractivity (Wildman–Crippen MR) is 37.5 cm³/mol. The van der Waals surface area contributed by atoms with Crippen molar-refractivity contribution in [3.8, 4) is 11.8 Å². The average molecular weight is 169 g/mol. The summed E-state index contributed by atoms with van der Waals surface area (Å²) < 4.78 is 25.5. The zero-order chi connectivity index (χ0) is 9.30. The SMILES string of the molecule is Cc1cc(F)c(C#N)c(F)c1O. The van der Waals surface area contributed by atoms with Crippen molar-refractivity contribution < 1.29 is 13.9 Å². The van der Waals surface area contributed by atoms with E-state index in [0.29, 0.717) is 0 Å². The lowest BCUT2D eigenvalue weighted by molar-refractivity contribution is 0.422. The lowest BCUT2D eigenvalue weighted by atomic mass is 10.1. The highest BCUT2D eigenvalue weighted by atomic mass is 19.1. The molecule has 62 valence electrons. The second-order valence-electron chi connectivity index (χ2n) is 2.32. The third kappa shape index (κ3) is 1.10. The predicted octanol–water partition coefficient (Wildman–Crippen LogP) is 1.85. The number of benzene rings is 1. The maximum atomic E-state index is 12.8. The Morgan fingerprint density at radius 3 is 2.58 bits per heavy atom.